The molecule has 4 aromatic rings. The lowest BCUT2D eigenvalue weighted by molar-refractivity contribution is -0.183. The molecule has 1 saturated heterocycles. The Morgan fingerprint density at radius 2 is 1.89 bits per heavy atom. The van der Waals surface area contributed by atoms with Gasteiger partial charge in [0.25, 0.3) is 0 Å². The number of nitrogens with two attached hydrogens (primary N) is 1. The van der Waals surface area contributed by atoms with Gasteiger partial charge in [-0.3, -0.25) is 9.30 Å². The summed E-state index contributed by atoms with van der Waals surface area (Å²) in [6.07, 6.45) is -2.50. The number of ether oxygens (including phenoxy) is 1. The standard InChI is InChI=1S/C25H27F3N6O.ClH/c1-14(2)35-20-11-15(3)10-16-4-6-19(30-22(16)20)24-32-31-21-7-5-17(12-34(21)24)23(25(26,27)28)33-9-8-18(29)13-33;/h4-7,10-12,14,18,23H,8-9,13,29H2,1-3H3;1H/t18-,23+;/m0./s1. The van der Waals surface area contributed by atoms with Crippen molar-refractivity contribution in [2.24, 2.45) is 5.73 Å². The smallest absolute Gasteiger partial charge is 0.408 e. The minimum absolute atomic E-state index is 0. The highest BCUT2D eigenvalue weighted by Gasteiger charge is 2.46. The molecule has 0 aliphatic carbocycles. The van der Waals surface area contributed by atoms with E-state index in [2.05, 4.69) is 10.2 Å². The predicted molar refractivity (Wildman–Crippen MR) is 134 cm³/mol. The van der Waals surface area contributed by atoms with Crippen LogP contribution in [-0.2, 0) is 0 Å². The molecule has 1 fully saturated rings. The van der Waals surface area contributed by atoms with Gasteiger partial charge in [0.05, 0.1) is 6.10 Å². The molecule has 2 atom stereocenters. The van der Waals surface area contributed by atoms with Crippen LogP contribution in [0, 0.1) is 6.92 Å². The van der Waals surface area contributed by atoms with Gasteiger partial charge < -0.3 is 10.5 Å². The number of pyridine rings is 2. The number of aryl methyl sites for hydroxylation is 1. The molecule has 7 nitrogen and oxygen atoms in total. The third-order valence-electron chi connectivity index (χ3n) is 6.17. The SMILES string of the molecule is Cc1cc(OC(C)C)c2nc(-c3nnc4ccc([C@@H](N5CC[C@H](N)C5)C(F)(F)F)cn34)ccc2c1.Cl. The Hall–Kier alpha value is -2.95. The quantitative estimate of drug-likeness (QED) is 0.394. The summed E-state index contributed by atoms with van der Waals surface area (Å²) in [7, 11) is 0. The molecule has 5 rings (SSSR count). The minimum Gasteiger partial charge on any atom is -0.489 e. The second kappa shape index (κ2) is 9.84. The molecule has 1 aromatic carbocycles. The molecular formula is C25H28ClF3N6O. The van der Waals surface area contributed by atoms with Gasteiger partial charge in [0.2, 0.25) is 0 Å². The molecule has 0 unspecified atom stereocenters. The Kier molecular flexibility index (Phi) is 7.14. The second-order valence-corrected chi connectivity index (χ2v) is 9.40. The summed E-state index contributed by atoms with van der Waals surface area (Å²) in [5.41, 5.74) is 8.65. The number of benzene rings is 1. The Bertz CT molecular complexity index is 1390. The topological polar surface area (TPSA) is 81.6 Å². The van der Waals surface area contributed by atoms with E-state index in [-0.39, 0.29) is 36.7 Å². The number of fused-ring (bicyclic) bond motifs is 2. The molecule has 0 amide bonds. The lowest BCUT2D eigenvalue weighted by atomic mass is 10.1. The van der Waals surface area contributed by atoms with Gasteiger partial charge >= 0.3 is 6.18 Å². The molecular weight excluding hydrogens is 493 g/mol. The summed E-state index contributed by atoms with van der Waals surface area (Å²) in [4.78, 5) is 6.17. The first-order chi connectivity index (χ1) is 16.6. The molecule has 36 heavy (non-hydrogen) atoms. The van der Waals surface area contributed by atoms with Crippen LogP contribution < -0.4 is 10.5 Å². The number of hydrogen-bond acceptors (Lipinski definition) is 6. The number of likely N-dealkylation sites (tertiary alicyclic amines) is 1. The second-order valence-electron chi connectivity index (χ2n) is 9.40. The van der Waals surface area contributed by atoms with Gasteiger partial charge in [0.15, 0.2) is 11.5 Å². The van der Waals surface area contributed by atoms with E-state index in [0.717, 1.165) is 10.9 Å². The summed E-state index contributed by atoms with van der Waals surface area (Å²) in [5.74, 6) is 1.01. The molecule has 2 N–H and O–H groups in total. The van der Waals surface area contributed by atoms with Crippen molar-refractivity contribution in [3.8, 4) is 17.3 Å². The molecule has 0 radical (unpaired) electrons. The van der Waals surface area contributed by atoms with Crippen LogP contribution in [0.15, 0.2) is 42.6 Å². The first-order valence-corrected chi connectivity index (χ1v) is 11.6. The fourth-order valence-electron chi connectivity index (χ4n) is 4.71. The van der Waals surface area contributed by atoms with E-state index in [1.807, 2.05) is 39.0 Å². The van der Waals surface area contributed by atoms with Crippen molar-refractivity contribution < 1.29 is 17.9 Å². The van der Waals surface area contributed by atoms with Crippen molar-refractivity contribution in [2.45, 2.75) is 51.6 Å². The van der Waals surface area contributed by atoms with Crippen LogP contribution in [0.25, 0.3) is 28.1 Å². The molecule has 0 saturated carbocycles. The van der Waals surface area contributed by atoms with E-state index in [0.29, 0.717) is 41.4 Å². The summed E-state index contributed by atoms with van der Waals surface area (Å²) in [6.45, 7) is 6.36. The van der Waals surface area contributed by atoms with Crippen molar-refractivity contribution in [1.29, 1.82) is 0 Å². The van der Waals surface area contributed by atoms with Gasteiger partial charge in [-0.2, -0.15) is 13.2 Å². The third kappa shape index (κ3) is 4.98. The van der Waals surface area contributed by atoms with Crippen molar-refractivity contribution >= 4 is 29.0 Å². The zero-order chi connectivity index (χ0) is 24.9. The molecule has 1 aliphatic rings. The number of nitrogens with zero attached hydrogens (tertiary/aromatic N) is 5. The molecule has 0 spiro atoms. The summed E-state index contributed by atoms with van der Waals surface area (Å²) >= 11 is 0. The number of hydrogen-bond donors (Lipinski definition) is 1. The molecule has 0 bridgehead atoms. The molecule has 192 valence electrons. The highest BCUT2D eigenvalue weighted by Crippen LogP contribution is 2.39. The highest BCUT2D eigenvalue weighted by atomic mass is 35.5. The van der Waals surface area contributed by atoms with Crippen molar-refractivity contribution in [3.63, 3.8) is 0 Å². The first kappa shape index (κ1) is 26.1. The van der Waals surface area contributed by atoms with Crippen LogP contribution >= 0.6 is 12.4 Å². The number of aromatic nitrogens is 4. The maximum Gasteiger partial charge on any atom is 0.408 e. The fraction of sp³-hybridized carbons (Fsp3) is 0.400. The minimum atomic E-state index is -4.45. The maximum atomic E-state index is 14.1. The Labute approximate surface area is 212 Å². The van der Waals surface area contributed by atoms with E-state index in [9.17, 15) is 13.2 Å². The Balaban J connectivity index is 0.00000304. The van der Waals surface area contributed by atoms with E-state index in [1.165, 1.54) is 17.2 Å². The zero-order valence-corrected chi connectivity index (χ0v) is 21.0. The zero-order valence-electron chi connectivity index (χ0n) is 20.2. The predicted octanol–water partition coefficient (Wildman–Crippen LogP) is 5.10. The lowest BCUT2D eigenvalue weighted by Crippen LogP contribution is -2.38. The van der Waals surface area contributed by atoms with E-state index in [4.69, 9.17) is 15.5 Å². The van der Waals surface area contributed by atoms with Gasteiger partial charge in [-0.25, -0.2) is 4.98 Å². The number of rotatable bonds is 5. The average Bonchev–Trinajstić information content (AvgIpc) is 3.38. The Morgan fingerprint density at radius 1 is 1.11 bits per heavy atom. The first-order valence-electron chi connectivity index (χ1n) is 11.6. The van der Waals surface area contributed by atoms with Gasteiger partial charge in [-0.05, 0) is 62.6 Å². The highest BCUT2D eigenvalue weighted by molar-refractivity contribution is 5.87. The van der Waals surface area contributed by atoms with Crippen LogP contribution in [0.5, 0.6) is 5.75 Å². The Morgan fingerprint density at radius 3 is 2.56 bits per heavy atom. The van der Waals surface area contributed by atoms with Gasteiger partial charge in [-0.15, -0.1) is 22.6 Å². The maximum absolute atomic E-state index is 14.1. The largest absolute Gasteiger partial charge is 0.489 e. The van der Waals surface area contributed by atoms with Crippen LogP contribution in [0.3, 0.4) is 0 Å². The van der Waals surface area contributed by atoms with Crippen LogP contribution in [0.1, 0.15) is 37.4 Å². The molecule has 3 aromatic heterocycles. The van der Waals surface area contributed by atoms with E-state index < -0.39 is 12.2 Å². The van der Waals surface area contributed by atoms with Gasteiger partial charge in [-0.1, -0.05) is 12.1 Å². The number of alkyl halides is 3. The van der Waals surface area contributed by atoms with Crippen LogP contribution in [0.4, 0.5) is 13.2 Å². The van der Waals surface area contributed by atoms with Crippen LogP contribution in [0.2, 0.25) is 0 Å². The third-order valence-corrected chi connectivity index (χ3v) is 6.17. The fourth-order valence-corrected chi connectivity index (χ4v) is 4.71. The van der Waals surface area contributed by atoms with E-state index >= 15 is 0 Å². The summed E-state index contributed by atoms with van der Waals surface area (Å²) in [5, 5.41) is 9.31. The lowest BCUT2D eigenvalue weighted by Gasteiger charge is -2.30. The van der Waals surface area contributed by atoms with Gasteiger partial charge in [0.1, 0.15) is 23.0 Å². The van der Waals surface area contributed by atoms with Crippen molar-refractivity contribution in [3.05, 3.63) is 53.7 Å². The van der Waals surface area contributed by atoms with Crippen molar-refractivity contribution in [2.75, 3.05) is 13.1 Å². The van der Waals surface area contributed by atoms with Crippen LogP contribution in [-0.4, -0.2) is 55.9 Å². The van der Waals surface area contributed by atoms with Crippen molar-refractivity contribution in [1.82, 2.24) is 24.5 Å². The van der Waals surface area contributed by atoms with E-state index in [1.54, 1.807) is 16.5 Å². The summed E-state index contributed by atoms with van der Waals surface area (Å²) in [6, 6.07) is 8.63. The number of halogens is 4. The summed E-state index contributed by atoms with van der Waals surface area (Å²) < 4.78 is 50.0. The van der Waals surface area contributed by atoms with Gasteiger partial charge in [0, 0.05) is 30.7 Å². The monoisotopic (exact) mass is 520 g/mol. The average molecular weight is 521 g/mol. The normalized spacial score (nSPS) is 17.6. The molecule has 4 heterocycles. The molecule has 11 heteroatoms. The molecule has 1 aliphatic heterocycles.